The van der Waals surface area contributed by atoms with Gasteiger partial charge < -0.3 is 19.3 Å². The lowest BCUT2D eigenvalue weighted by Crippen LogP contribution is -2.64. The van der Waals surface area contributed by atoms with E-state index in [9.17, 15) is 9.90 Å². The van der Waals surface area contributed by atoms with Crippen LogP contribution in [0.5, 0.6) is 0 Å². The van der Waals surface area contributed by atoms with Crippen molar-refractivity contribution in [3.8, 4) is 0 Å². The largest absolute Gasteiger partial charge is 0.463 e. The molecule has 8 unspecified atom stereocenters. The van der Waals surface area contributed by atoms with Crippen LogP contribution in [0.15, 0.2) is 0 Å². The Balaban J connectivity index is 1.28. The van der Waals surface area contributed by atoms with Crippen LogP contribution >= 0.6 is 0 Å². The van der Waals surface area contributed by atoms with Crippen LogP contribution in [0.2, 0.25) is 0 Å². The summed E-state index contributed by atoms with van der Waals surface area (Å²) in [4.78, 5) is 11.6. The summed E-state index contributed by atoms with van der Waals surface area (Å²) in [6, 6.07) is 0. The monoisotopic (exact) mass is 488 g/mol. The predicted octanol–water partition coefficient (Wildman–Crippen LogP) is 5.73. The average molecular weight is 489 g/mol. The highest BCUT2D eigenvalue weighted by Crippen LogP contribution is 2.73. The lowest BCUT2D eigenvalue weighted by Gasteiger charge is -2.65. The fraction of sp³-hybridized carbons (Fsp3) is 0.967. The molecule has 2 saturated heterocycles. The minimum atomic E-state index is -0.691. The molecule has 4 aliphatic carbocycles. The van der Waals surface area contributed by atoms with E-state index in [1.165, 1.54) is 26.2 Å². The normalized spacial score (nSPS) is 59.3. The van der Waals surface area contributed by atoms with E-state index in [4.69, 9.17) is 14.2 Å². The van der Waals surface area contributed by atoms with Crippen LogP contribution < -0.4 is 0 Å². The molecule has 1 N–H and O–H groups in total. The van der Waals surface area contributed by atoms with Gasteiger partial charge in [-0.05, 0) is 105 Å². The molecule has 2 aliphatic heterocycles. The second-order valence-corrected chi connectivity index (χ2v) is 14.5. The summed E-state index contributed by atoms with van der Waals surface area (Å²) in [5, 5.41) is 12.3. The summed E-state index contributed by atoms with van der Waals surface area (Å²) < 4.78 is 19.0. The number of aliphatic hydroxyl groups is 1. The Bertz CT molecular complexity index is 861. The van der Waals surface area contributed by atoms with E-state index < -0.39 is 11.4 Å². The predicted molar refractivity (Wildman–Crippen MR) is 133 cm³/mol. The Morgan fingerprint density at radius 3 is 2.46 bits per heavy atom. The number of rotatable bonds is 1. The van der Waals surface area contributed by atoms with Gasteiger partial charge in [0.2, 0.25) is 0 Å². The van der Waals surface area contributed by atoms with Crippen LogP contribution in [0.25, 0.3) is 0 Å². The first kappa shape index (κ1) is 24.7. The maximum Gasteiger partial charge on any atom is 0.302 e. The number of carbonyl (C=O) groups is 1. The summed E-state index contributed by atoms with van der Waals surface area (Å²) in [6.07, 6.45) is 9.79. The van der Waals surface area contributed by atoms with Crippen molar-refractivity contribution in [2.24, 2.45) is 52.3 Å². The molecule has 13 atom stereocenters. The van der Waals surface area contributed by atoms with Crippen LogP contribution in [0.1, 0.15) is 99.3 Å². The molecule has 1 spiro atoms. The van der Waals surface area contributed by atoms with Gasteiger partial charge in [-0.15, -0.1) is 0 Å². The van der Waals surface area contributed by atoms with E-state index in [1.54, 1.807) is 0 Å². The third kappa shape index (κ3) is 3.46. The zero-order chi connectivity index (χ0) is 25.0. The van der Waals surface area contributed by atoms with Gasteiger partial charge in [-0.25, -0.2) is 0 Å². The van der Waals surface area contributed by atoms with Gasteiger partial charge in [-0.1, -0.05) is 27.7 Å². The third-order valence-electron chi connectivity index (χ3n) is 12.4. The van der Waals surface area contributed by atoms with Gasteiger partial charge in [-0.3, -0.25) is 4.79 Å². The van der Waals surface area contributed by atoms with E-state index in [0.717, 1.165) is 45.1 Å². The maximum atomic E-state index is 12.3. The van der Waals surface area contributed by atoms with E-state index in [0.29, 0.717) is 41.4 Å². The summed E-state index contributed by atoms with van der Waals surface area (Å²) in [5.74, 6) is 2.85. The van der Waals surface area contributed by atoms with Crippen molar-refractivity contribution >= 4 is 5.97 Å². The molecule has 4 saturated carbocycles. The minimum Gasteiger partial charge on any atom is -0.463 e. The van der Waals surface area contributed by atoms with Crippen LogP contribution in [0.4, 0.5) is 0 Å². The van der Waals surface area contributed by atoms with Crippen molar-refractivity contribution in [3.63, 3.8) is 0 Å². The maximum absolute atomic E-state index is 12.3. The number of carbonyl (C=O) groups excluding carboxylic acids is 1. The van der Waals surface area contributed by atoms with Gasteiger partial charge in [0.25, 0.3) is 0 Å². The van der Waals surface area contributed by atoms with Crippen molar-refractivity contribution in [2.75, 3.05) is 6.61 Å². The smallest absolute Gasteiger partial charge is 0.302 e. The van der Waals surface area contributed by atoms with Crippen LogP contribution in [-0.2, 0) is 19.0 Å². The van der Waals surface area contributed by atoms with Gasteiger partial charge in [0.1, 0.15) is 6.10 Å². The molecule has 198 valence electrons. The molecule has 35 heavy (non-hydrogen) atoms. The molecule has 0 amide bonds. The summed E-state index contributed by atoms with van der Waals surface area (Å²) in [7, 11) is 0. The Labute approximate surface area is 212 Å². The molecule has 5 nitrogen and oxygen atoms in total. The quantitative estimate of drug-likeness (QED) is 0.478. The molecule has 0 bridgehead atoms. The highest BCUT2D eigenvalue weighted by Gasteiger charge is 2.72. The lowest BCUT2D eigenvalue weighted by molar-refractivity contribution is -0.276. The average Bonchev–Trinajstić information content (AvgIpc) is 3.19. The van der Waals surface area contributed by atoms with Crippen molar-refractivity contribution in [3.05, 3.63) is 0 Å². The molecule has 6 rings (SSSR count). The molecule has 0 aromatic rings. The number of ether oxygens (including phenoxy) is 3. The van der Waals surface area contributed by atoms with Crippen molar-refractivity contribution in [1.82, 2.24) is 0 Å². The first-order valence-electron chi connectivity index (χ1n) is 14.6. The Kier molecular flexibility index (Phi) is 5.59. The summed E-state index contributed by atoms with van der Waals surface area (Å²) in [5.41, 5.74) is -0.495. The van der Waals surface area contributed by atoms with Crippen molar-refractivity contribution in [2.45, 2.75) is 123 Å². The highest BCUT2D eigenvalue weighted by atomic mass is 16.7. The second-order valence-electron chi connectivity index (χ2n) is 14.5. The molecule has 0 aromatic carbocycles. The van der Waals surface area contributed by atoms with Gasteiger partial charge in [0.05, 0.1) is 18.3 Å². The van der Waals surface area contributed by atoms with Crippen molar-refractivity contribution < 1.29 is 24.1 Å². The Morgan fingerprint density at radius 2 is 1.77 bits per heavy atom. The first-order valence-corrected chi connectivity index (χ1v) is 14.6. The molecular formula is C30H48O5. The third-order valence-corrected chi connectivity index (χ3v) is 12.4. The summed E-state index contributed by atoms with van der Waals surface area (Å²) >= 11 is 0. The fourth-order valence-electron chi connectivity index (χ4n) is 11.4. The fourth-order valence-corrected chi connectivity index (χ4v) is 11.4. The number of hydrogen-bond donors (Lipinski definition) is 1. The highest BCUT2D eigenvalue weighted by molar-refractivity contribution is 5.66. The minimum absolute atomic E-state index is 0.0513. The molecule has 5 heteroatoms. The molecule has 6 fully saturated rings. The Hall–Kier alpha value is -0.650. The number of fused-ring (bicyclic) bond motifs is 7. The first-order chi connectivity index (χ1) is 16.4. The van der Waals surface area contributed by atoms with Crippen molar-refractivity contribution in [1.29, 1.82) is 0 Å². The molecule has 2 heterocycles. The lowest BCUT2D eigenvalue weighted by atomic mass is 9.41. The van der Waals surface area contributed by atoms with Gasteiger partial charge in [0.15, 0.2) is 5.79 Å². The summed E-state index contributed by atoms with van der Waals surface area (Å²) in [6.45, 7) is 14.1. The zero-order valence-electron chi connectivity index (χ0n) is 22.8. The molecule has 6 aliphatic rings. The molecule has 0 radical (unpaired) electrons. The van der Waals surface area contributed by atoms with Crippen LogP contribution in [-0.4, -0.2) is 41.3 Å². The topological polar surface area (TPSA) is 65.0 Å². The molecular weight excluding hydrogens is 440 g/mol. The van der Waals surface area contributed by atoms with E-state index in [1.807, 2.05) is 0 Å². The zero-order valence-corrected chi connectivity index (χ0v) is 22.8. The van der Waals surface area contributed by atoms with Gasteiger partial charge in [-0.2, -0.15) is 0 Å². The number of esters is 1. The van der Waals surface area contributed by atoms with Gasteiger partial charge in [0, 0.05) is 19.3 Å². The van der Waals surface area contributed by atoms with Gasteiger partial charge >= 0.3 is 5.97 Å². The second kappa shape index (κ2) is 7.93. The standard InChI is InChI=1S/C30H48O5/c1-17-9-12-30(33-15-17)18(2)25-24(35-30)14-23-22-8-7-20-13-21(34-19(3)31)10-11-27(20,4)26(22)29(6,32)16-28(23,25)5/h17-18,20-26,32H,7-16H2,1-6H3/t17?,18?,20?,21-,22?,23?,24?,25?,26?,27-,28-,29-,30+/m0/s1. The van der Waals surface area contributed by atoms with Crippen LogP contribution in [0.3, 0.4) is 0 Å². The molecule has 0 aromatic heterocycles. The van der Waals surface area contributed by atoms with Crippen LogP contribution in [0, 0.1) is 52.3 Å². The Morgan fingerprint density at radius 1 is 1.00 bits per heavy atom. The van der Waals surface area contributed by atoms with E-state index in [2.05, 4.69) is 34.6 Å². The number of hydrogen-bond acceptors (Lipinski definition) is 5. The van der Waals surface area contributed by atoms with E-state index in [-0.39, 0.29) is 29.0 Å². The van der Waals surface area contributed by atoms with E-state index >= 15 is 0 Å². The SMILES string of the molecule is CC(=O)O[C@H]1CC[C@@]2(C)C(CCC3C4CC5O[C@]6(CCC(C)CO6)C(C)C5[C@@]4(C)C[C@](C)(O)C32)C1.